The number of anilines is 1. The zero-order valence-electron chi connectivity index (χ0n) is 9.43. The van der Waals surface area contributed by atoms with E-state index in [0.29, 0.717) is 18.3 Å². The van der Waals surface area contributed by atoms with Gasteiger partial charge in [0.05, 0.1) is 6.61 Å². The van der Waals surface area contributed by atoms with E-state index in [4.69, 9.17) is 10.5 Å². The summed E-state index contributed by atoms with van der Waals surface area (Å²) in [4.78, 5) is 18.7. The SMILES string of the molecule is CCCOc1cc(NC(C)C(N)=O)ncn1. The van der Waals surface area contributed by atoms with Crippen LogP contribution in [-0.4, -0.2) is 28.5 Å². The molecule has 1 amide bonds. The summed E-state index contributed by atoms with van der Waals surface area (Å²) < 4.78 is 5.33. The summed E-state index contributed by atoms with van der Waals surface area (Å²) in [5.74, 6) is 0.568. The van der Waals surface area contributed by atoms with Crippen LogP contribution in [0.15, 0.2) is 12.4 Å². The Morgan fingerprint density at radius 1 is 1.62 bits per heavy atom. The van der Waals surface area contributed by atoms with Crippen LogP contribution >= 0.6 is 0 Å². The summed E-state index contributed by atoms with van der Waals surface area (Å²) in [6, 6.07) is 1.16. The number of rotatable bonds is 6. The van der Waals surface area contributed by atoms with Crippen molar-refractivity contribution < 1.29 is 9.53 Å². The minimum atomic E-state index is -0.478. The van der Waals surface area contributed by atoms with Crippen LogP contribution in [-0.2, 0) is 4.79 Å². The van der Waals surface area contributed by atoms with Crippen molar-refractivity contribution in [3.8, 4) is 5.88 Å². The lowest BCUT2D eigenvalue weighted by molar-refractivity contribution is -0.118. The number of nitrogens with two attached hydrogens (primary N) is 1. The van der Waals surface area contributed by atoms with E-state index in [-0.39, 0.29) is 0 Å². The van der Waals surface area contributed by atoms with Gasteiger partial charge in [-0.15, -0.1) is 0 Å². The maximum Gasteiger partial charge on any atom is 0.239 e. The molecule has 0 aliphatic heterocycles. The van der Waals surface area contributed by atoms with Crippen molar-refractivity contribution in [2.75, 3.05) is 11.9 Å². The Morgan fingerprint density at radius 2 is 2.38 bits per heavy atom. The van der Waals surface area contributed by atoms with Gasteiger partial charge in [-0.3, -0.25) is 4.79 Å². The zero-order chi connectivity index (χ0) is 12.0. The monoisotopic (exact) mass is 224 g/mol. The van der Waals surface area contributed by atoms with Gasteiger partial charge in [-0.2, -0.15) is 0 Å². The Bertz CT molecular complexity index is 356. The number of hydrogen-bond donors (Lipinski definition) is 2. The van der Waals surface area contributed by atoms with E-state index in [0.717, 1.165) is 6.42 Å². The largest absolute Gasteiger partial charge is 0.478 e. The highest BCUT2D eigenvalue weighted by Crippen LogP contribution is 2.11. The van der Waals surface area contributed by atoms with Gasteiger partial charge in [0.15, 0.2) is 0 Å². The Balaban J connectivity index is 2.63. The van der Waals surface area contributed by atoms with Gasteiger partial charge in [-0.1, -0.05) is 6.92 Å². The number of primary amides is 1. The number of amides is 1. The van der Waals surface area contributed by atoms with Crippen LogP contribution < -0.4 is 15.8 Å². The van der Waals surface area contributed by atoms with E-state index in [1.54, 1.807) is 13.0 Å². The molecule has 88 valence electrons. The topological polar surface area (TPSA) is 90.1 Å². The highest BCUT2D eigenvalue weighted by Gasteiger charge is 2.09. The highest BCUT2D eigenvalue weighted by atomic mass is 16.5. The number of hydrogen-bond acceptors (Lipinski definition) is 5. The average molecular weight is 224 g/mol. The highest BCUT2D eigenvalue weighted by molar-refractivity contribution is 5.82. The Hall–Kier alpha value is -1.85. The number of nitrogens with zero attached hydrogens (tertiary/aromatic N) is 2. The molecule has 6 nitrogen and oxygen atoms in total. The van der Waals surface area contributed by atoms with E-state index < -0.39 is 11.9 Å². The lowest BCUT2D eigenvalue weighted by Gasteiger charge is -2.11. The normalized spacial score (nSPS) is 11.9. The first-order chi connectivity index (χ1) is 7.63. The van der Waals surface area contributed by atoms with Crippen molar-refractivity contribution in [1.82, 2.24) is 9.97 Å². The van der Waals surface area contributed by atoms with Crippen molar-refractivity contribution >= 4 is 11.7 Å². The molecule has 0 aliphatic carbocycles. The maximum absolute atomic E-state index is 10.8. The third kappa shape index (κ3) is 3.72. The molecule has 0 saturated carbocycles. The van der Waals surface area contributed by atoms with E-state index >= 15 is 0 Å². The van der Waals surface area contributed by atoms with Gasteiger partial charge >= 0.3 is 0 Å². The van der Waals surface area contributed by atoms with Crippen LogP contribution in [0.2, 0.25) is 0 Å². The molecular weight excluding hydrogens is 208 g/mol. The van der Waals surface area contributed by atoms with Crippen molar-refractivity contribution in [3.63, 3.8) is 0 Å². The minimum Gasteiger partial charge on any atom is -0.478 e. The summed E-state index contributed by atoms with van der Waals surface area (Å²) >= 11 is 0. The molecule has 1 unspecified atom stereocenters. The van der Waals surface area contributed by atoms with Crippen molar-refractivity contribution in [2.45, 2.75) is 26.3 Å². The fraction of sp³-hybridized carbons (Fsp3) is 0.500. The second-order valence-electron chi connectivity index (χ2n) is 3.36. The lowest BCUT2D eigenvalue weighted by atomic mass is 10.3. The first kappa shape index (κ1) is 12.2. The van der Waals surface area contributed by atoms with Crippen LogP contribution in [0.3, 0.4) is 0 Å². The van der Waals surface area contributed by atoms with E-state index in [1.165, 1.54) is 6.33 Å². The smallest absolute Gasteiger partial charge is 0.239 e. The molecule has 1 heterocycles. The predicted molar refractivity (Wildman–Crippen MR) is 60.1 cm³/mol. The Morgan fingerprint density at radius 3 is 3.00 bits per heavy atom. The van der Waals surface area contributed by atoms with E-state index in [2.05, 4.69) is 15.3 Å². The van der Waals surface area contributed by atoms with Crippen LogP contribution in [0.5, 0.6) is 5.88 Å². The van der Waals surface area contributed by atoms with Gasteiger partial charge in [-0.25, -0.2) is 9.97 Å². The predicted octanol–water partition coefficient (Wildman–Crippen LogP) is 0.551. The molecule has 1 aromatic rings. The van der Waals surface area contributed by atoms with Crippen LogP contribution in [0.25, 0.3) is 0 Å². The third-order valence-corrected chi connectivity index (χ3v) is 1.89. The number of aromatic nitrogens is 2. The number of ether oxygens (including phenoxy) is 1. The standard InChI is InChI=1S/C10H16N4O2/c1-3-4-16-9-5-8(12-6-13-9)14-7(2)10(11)15/h5-7H,3-4H2,1-2H3,(H2,11,15)(H,12,13,14). The summed E-state index contributed by atoms with van der Waals surface area (Å²) in [6.45, 7) is 4.27. The summed E-state index contributed by atoms with van der Waals surface area (Å²) in [5, 5.41) is 2.85. The summed E-state index contributed by atoms with van der Waals surface area (Å²) in [7, 11) is 0. The number of carbonyl (C=O) groups excluding carboxylic acids is 1. The molecule has 0 saturated heterocycles. The molecule has 0 bridgehead atoms. The van der Waals surface area contributed by atoms with Crippen molar-refractivity contribution in [2.24, 2.45) is 5.73 Å². The van der Waals surface area contributed by atoms with Gasteiger partial charge in [0.1, 0.15) is 18.2 Å². The fourth-order valence-electron chi connectivity index (χ4n) is 0.997. The first-order valence-corrected chi connectivity index (χ1v) is 5.14. The molecule has 3 N–H and O–H groups in total. The molecule has 0 aliphatic rings. The lowest BCUT2D eigenvalue weighted by Crippen LogP contribution is -2.32. The minimum absolute atomic E-state index is 0.436. The number of carbonyl (C=O) groups is 1. The molecule has 0 aromatic carbocycles. The average Bonchev–Trinajstić information content (AvgIpc) is 2.26. The maximum atomic E-state index is 10.8. The Kier molecular flexibility index (Phi) is 4.50. The second-order valence-corrected chi connectivity index (χ2v) is 3.36. The quantitative estimate of drug-likeness (QED) is 0.736. The second kappa shape index (κ2) is 5.89. The molecule has 0 radical (unpaired) electrons. The molecule has 1 aromatic heterocycles. The van der Waals surface area contributed by atoms with E-state index in [1.807, 2.05) is 6.92 Å². The number of nitrogens with one attached hydrogen (secondary N) is 1. The molecule has 6 heteroatoms. The van der Waals surface area contributed by atoms with E-state index in [9.17, 15) is 4.79 Å². The van der Waals surface area contributed by atoms with Gasteiger partial charge in [-0.05, 0) is 13.3 Å². The van der Waals surface area contributed by atoms with Crippen LogP contribution in [0.1, 0.15) is 20.3 Å². The fourth-order valence-corrected chi connectivity index (χ4v) is 0.997. The first-order valence-electron chi connectivity index (χ1n) is 5.14. The summed E-state index contributed by atoms with van der Waals surface area (Å²) in [5.41, 5.74) is 5.13. The van der Waals surface area contributed by atoms with Gasteiger partial charge in [0.2, 0.25) is 11.8 Å². The van der Waals surface area contributed by atoms with Crippen molar-refractivity contribution in [3.05, 3.63) is 12.4 Å². The molecule has 16 heavy (non-hydrogen) atoms. The molecular formula is C10H16N4O2. The molecule has 0 spiro atoms. The Labute approximate surface area is 94.2 Å². The van der Waals surface area contributed by atoms with Crippen molar-refractivity contribution in [1.29, 1.82) is 0 Å². The molecule has 1 atom stereocenters. The van der Waals surface area contributed by atoms with Crippen LogP contribution in [0.4, 0.5) is 5.82 Å². The van der Waals surface area contributed by atoms with Gasteiger partial charge in [0.25, 0.3) is 0 Å². The molecule has 1 rings (SSSR count). The van der Waals surface area contributed by atoms with Gasteiger partial charge < -0.3 is 15.8 Å². The van der Waals surface area contributed by atoms with Crippen LogP contribution in [0, 0.1) is 0 Å². The van der Waals surface area contributed by atoms with Gasteiger partial charge in [0, 0.05) is 6.07 Å². The molecule has 0 fully saturated rings. The third-order valence-electron chi connectivity index (χ3n) is 1.89. The summed E-state index contributed by atoms with van der Waals surface area (Å²) in [6.07, 6.45) is 2.28. The zero-order valence-corrected chi connectivity index (χ0v) is 9.43.